The monoisotopic (exact) mass is 251 g/mol. The van der Waals surface area contributed by atoms with Gasteiger partial charge in [-0.25, -0.2) is 8.42 Å². The molecular weight excluding hydrogens is 226 g/mol. The van der Waals surface area contributed by atoms with Crippen LogP contribution in [-0.2, 0) is 9.84 Å². The van der Waals surface area contributed by atoms with Gasteiger partial charge in [-0.15, -0.1) is 0 Å². The van der Waals surface area contributed by atoms with Crippen molar-refractivity contribution in [1.82, 2.24) is 4.90 Å². The molecule has 4 nitrogen and oxygen atoms in total. The second-order valence-corrected chi connectivity index (χ2v) is 7.51. The zero-order valence-corrected chi connectivity index (χ0v) is 11.8. The zero-order valence-electron chi connectivity index (χ0n) is 11.0. The third kappa shape index (κ3) is 7.19. The molecule has 0 aromatic heterocycles. The van der Waals surface area contributed by atoms with Crippen molar-refractivity contribution >= 4 is 9.84 Å². The zero-order chi connectivity index (χ0) is 13.0. The van der Waals surface area contributed by atoms with E-state index in [2.05, 4.69) is 32.8 Å². The van der Waals surface area contributed by atoms with Crippen LogP contribution in [0.5, 0.6) is 0 Å². The molecule has 1 aliphatic heterocycles. The minimum atomic E-state index is -2.81. The fraction of sp³-hybridized carbons (Fsp3) is 1.00. The van der Waals surface area contributed by atoms with Gasteiger partial charge in [-0.2, -0.15) is 0 Å². The van der Waals surface area contributed by atoms with E-state index >= 15 is 0 Å². The fourth-order valence-corrected chi connectivity index (χ4v) is 2.68. The first-order chi connectivity index (χ1) is 7.06. The lowest BCUT2D eigenvalue weighted by Crippen LogP contribution is -2.36. The number of hydrogen-bond donors (Lipinski definition) is 1. The van der Waals surface area contributed by atoms with E-state index in [1.165, 1.54) is 0 Å². The molecule has 1 rings (SSSR count). The molecule has 1 saturated heterocycles. The highest BCUT2D eigenvalue weighted by Crippen LogP contribution is 2.22. The maximum atomic E-state index is 10.8. The summed E-state index contributed by atoms with van der Waals surface area (Å²) in [6.45, 7) is 6.02. The molecule has 0 bridgehead atoms. The van der Waals surface area contributed by atoms with E-state index in [-0.39, 0.29) is 11.5 Å². The summed E-state index contributed by atoms with van der Waals surface area (Å²) in [4.78, 5) is 2.17. The molecule has 1 fully saturated rings. The van der Waals surface area contributed by atoms with Crippen molar-refractivity contribution in [3.63, 3.8) is 0 Å². The minimum Gasteiger partial charge on any atom is -0.390 e. The van der Waals surface area contributed by atoms with E-state index in [9.17, 15) is 13.5 Å². The molecule has 0 spiro atoms. The molecule has 1 aliphatic rings. The van der Waals surface area contributed by atoms with Gasteiger partial charge >= 0.3 is 0 Å². The SMILES string of the molecule is CC(C)N(C)C.CC1(O)CCS(=O)(=O)CC1. The summed E-state index contributed by atoms with van der Waals surface area (Å²) in [5.41, 5.74) is -0.745. The average molecular weight is 251 g/mol. The van der Waals surface area contributed by atoms with Gasteiger partial charge in [0.05, 0.1) is 17.1 Å². The standard InChI is InChI=1S/C6H12O3S.C5H13N/c1-6(7)2-4-10(8,9)5-3-6;1-5(2)6(3)4/h7H,2-5H2,1H3;5H,1-4H3. The van der Waals surface area contributed by atoms with E-state index in [4.69, 9.17) is 0 Å². The van der Waals surface area contributed by atoms with Gasteiger partial charge in [-0.3, -0.25) is 0 Å². The Labute approximate surface area is 99.6 Å². The molecule has 0 aromatic carbocycles. The summed E-state index contributed by atoms with van der Waals surface area (Å²) in [6, 6.07) is 0.685. The molecule has 1 heterocycles. The Morgan fingerprint density at radius 1 is 1.19 bits per heavy atom. The molecule has 0 saturated carbocycles. The Balaban J connectivity index is 0.000000325. The summed E-state index contributed by atoms with van der Waals surface area (Å²) in [5.74, 6) is 0.278. The quantitative estimate of drug-likeness (QED) is 0.752. The van der Waals surface area contributed by atoms with Crippen molar-refractivity contribution < 1.29 is 13.5 Å². The van der Waals surface area contributed by atoms with E-state index < -0.39 is 15.4 Å². The summed E-state index contributed by atoms with van der Waals surface area (Å²) < 4.78 is 21.7. The third-order valence-corrected chi connectivity index (χ3v) is 4.59. The fourth-order valence-electron chi connectivity index (χ4n) is 0.978. The van der Waals surface area contributed by atoms with Gasteiger partial charge in [0.2, 0.25) is 0 Å². The van der Waals surface area contributed by atoms with Crippen molar-refractivity contribution in [2.45, 2.75) is 45.3 Å². The summed E-state index contributed by atoms with van der Waals surface area (Å²) in [7, 11) is 1.33. The summed E-state index contributed by atoms with van der Waals surface area (Å²) >= 11 is 0. The highest BCUT2D eigenvalue weighted by molar-refractivity contribution is 7.91. The first-order valence-electron chi connectivity index (χ1n) is 5.65. The Hall–Kier alpha value is -0.130. The van der Waals surface area contributed by atoms with E-state index in [0.717, 1.165) is 0 Å². The lowest BCUT2D eigenvalue weighted by atomic mass is 10.0. The van der Waals surface area contributed by atoms with Crippen molar-refractivity contribution in [3.8, 4) is 0 Å². The average Bonchev–Trinajstić information content (AvgIpc) is 2.12. The van der Waals surface area contributed by atoms with Crippen LogP contribution in [0.1, 0.15) is 33.6 Å². The molecule has 0 radical (unpaired) electrons. The Morgan fingerprint density at radius 3 is 1.69 bits per heavy atom. The van der Waals surface area contributed by atoms with Crippen LogP contribution in [-0.4, -0.2) is 55.7 Å². The predicted molar refractivity (Wildman–Crippen MR) is 67.3 cm³/mol. The molecule has 98 valence electrons. The molecule has 0 atom stereocenters. The summed E-state index contributed by atoms with van der Waals surface area (Å²) in [6.07, 6.45) is 0.769. The van der Waals surface area contributed by atoms with E-state index in [0.29, 0.717) is 18.9 Å². The normalized spacial score (nSPS) is 22.8. The largest absolute Gasteiger partial charge is 0.390 e. The van der Waals surface area contributed by atoms with Crippen molar-refractivity contribution in [3.05, 3.63) is 0 Å². The molecule has 5 heteroatoms. The van der Waals surface area contributed by atoms with Gasteiger partial charge in [0.1, 0.15) is 0 Å². The van der Waals surface area contributed by atoms with Gasteiger partial charge < -0.3 is 10.0 Å². The van der Waals surface area contributed by atoms with Gasteiger partial charge in [-0.1, -0.05) is 0 Å². The topological polar surface area (TPSA) is 57.6 Å². The first-order valence-corrected chi connectivity index (χ1v) is 7.47. The predicted octanol–water partition coefficient (Wildman–Crippen LogP) is 0.902. The van der Waals surface area contributed by atoms with Crippen molar-refractivity contribution in [1.29, 1.82) is 0 Å². The van der Waals surface area contributed by atoms with Crippen LogP contribution in [0.3, 0.4) is 0 Å². The number of nitrogens with zero attached hydrogens (tertiary/aromatic N) is 1. The second kappa shape index (κ2) is 5.98. The molecule has 0 unspecified atom stereocenters. The molecule has 1 N–H and O–H groups in total. The molecular formula is C11H25NO3S. The molecule has 16 heavy (non-hydrogen) atoms. The number of aliphatic hydroxyl groups is 1. The van der Waals surface area contributed by atoms with E-state index in [1.807, 2.05) is 0 Å². The smallest absolute Gasteiger partial charge is 0.150 e. The lowest BCUT2D eigenvalue weighted by molar-refractivity contribution is 0.0500. The maximum Gasteiger partial charge on any atom is 0.150 e. The maximum absolute atomic E-state index is 10.8. The van der Waals surface area contributed by atoms with Crippen molar-refractivity contribution in [2.24, 2.45) is 0 Å². The number of hydrogen-bond acceptors (Lipinski definition) is 4. The number of rotatable bonds is 1. The molecule has 0 amide bonds. The van der Waals surface area contributed by atoms with Crippen LogP contribution in [0.2, 0.25) is 0 Å². The van der Waals surface area contributed by atoms with Crippen LogP contribution in [0.4, 0.5) is 0 Å². The van der Waals surface area contributed by atoms with Gasteiger partial charge in [0.15, 0.2) is 9.84 Å². The first kappa shape index (κ1) is 15.9. The Bertz CT molecular complexity index is 272. The van der Waals surface area contributed by atoms with Crippen LogP contribution in [0.25, 0.3) is 0 Å². The van der Waals surface area contributed by atoms with Gasteiger partial charge in [0, 0.05) is 6.04 Å². The number of sulfone groups is 1. The van der Waals surface area contributed by atoms with Gasteiger partial charge in [0.25, 0.3) is 0 Å². The van der Waals surface area contributed by atoms with Crippen LogP contribution in [0.15, 0.2) is 0 Å². The Morgan fingerprint density at radius 2 is 1.50 bits per heavy atom. The van der Waals surface area contributed by atoms with Crippen LogP contribution >= 0.6 is 0 Å². The lowest BCUT2D eigenvalue weighted by Gasteiger charge is -2.27. The van der Waals surface area contributed by atoms with E-state index in [1.54, 1.807) is 6.92 Å². The Kier molecular flexibility index (Phi) is 5.93. The highest BCUT2D eigenvalue weighted by Gasteiger charge is 2.30. The van der Waals surface area contributed by atoms with Crippen LogP contribution < -0.4 is 0 Å². The second-order valence-electron chi connectivity index (χ2n) is 5.21. The minimum absolute atomic E-state index is 0.139. The van der Waals surface area contributed by atoms with Crippen molar-refractivity contribution in [2.75, 3.05) is 25.6 Å². The molecule has 0 aliphatic carbocycles. The van der Waals surface area contributed by atoms with Gasteiger partial charge in [-0.05, 0) is 47.7 Å². The van der Waals surface area contributed by atoms with Crippen LogP contribution in [0, 0.1) is 0 Å². The highest BCUT2D eigenvalue weighted by atomic mass is 32.2. The third-order valence-electron chi connectivity index (χ3n) is 2.94. The molecule has 0 aromatic rings. The summed E-state index contributed by atoms with van der Waals surface area (Å²) in [5, 5.41) is 9.34.